The molecule has 0 saturated carbocycles. The lowest BCUT2D eigenvalue weighted by Gasteiger charge is -2.04. The fraction of sp³-hybridized carbons (Fsp3) is 0.556. The Hall–Kier alpha value is -0.850. The molecule has 0 aliphatic heterocycles. The number of rotatable bonds is 6. The van der Waals surface area contributed by atoms with Crippen molar-refractivity contribution in [1.29, 1.82) is 0 Å². The molecule has 0 aliphatic rings. The molecule has 6 heteroatoms. The Balaban J connectivity index is 2.66. The summed E-state index contributed by atoms with van der Waals surface area (Å²) in [4.78, 5) is 8.29. The first-order valence-corrected chi connectivity index (χ1v) is 5.69. The van der Waals surface area contributed by atoms with Crippen LogP contribution in [0.5, 0.6) is 0 Å². The number of hydrogen-bond acceptors (Lipinski definition) is 6. The topological polar surface area (TPSA) is 81.3 Å². The number of nitrogen functional groups attached to an aromatic ring is 1. The van der Waals surface area contributed by atoms with Crippen LogP contribution < -0.4 is 5.73 Å². The maximum atomic E-state index is 8.69. The highest BCUT2D eigenvalue weighted by Gasteiger charge is 2.03. The summed E-state index contributed by atoms with van der Waals surface area (Å²) < 4.78 is 5.19. The molecular weight excluding hydrogens is 214 g/mol. The van der Waals surface area contributed by atoms with E-state index in [4.69, 9.17) is 15.6 Å². The number of hydrogen-bond donors (Lipinski definition) is 2. The Labute approximate surface area is 93.1 Å². The van der Waals surface area contributed by atoms with Crippen LogP contribution in [-0.2, 0) is 11.3 Å². The standard InChI is InChI=1S/C9H15N3O2S/c1-2-14-6-8-11-7(10)5-9(12-8)15-4-3-13/h5,13H,2-4,6H2,1H3,(H2,10,11,12). The molecular formula is C9H15N3O2S. The Kier molecular flexibility index (Phi) is 5.38. The number of anilines is 1. The van der Waals surface area contributed by atoms with Crippen molar-refractivity contribution in [2.45, 2.75) is 18.6 Å². The highest BCUT2D eigenvalue weighted by molar-refractivity contribution is 7.99. The van der Waals surface area contributed by atoms with Crippen LogP contribution >= 0.6 is 11.8 Å². The number of aromatic nitrogens is 2. The van der Waals surface area contributed by atoms with Gasteiger partial charge in [-0.1, -0.05) is 0 Å². The summed E-state index contributed by atoms with van der Waals surface area (Å²) in [5.74, 6) is 1.61. The van der Waals surface area contributed by atoms with Gasteiger partial charge in [0, 0.05) is 18.4 Å². The lowest BCUT2D eigenvalue weighted by molar-refractivity contribution is 0.128. The van der Waals surface area contributed by atoms with Crippen molar-refractivity contribution in [1.82, 2.24) is 9.97 Å². The monoisotopic (exact) mass is 229 g/mol. The number of thioether (sulfide) groups is 1. The summed E-state index contributed by atoms with van der Waals surface area (Å²) >= 11 is 1.45. The highest BCUT2D eigenvalue weighted by atomic mass is 32.2. The van der Waals surface area contributed by atoms with Gasteiger partial charge in [-0.05, 0) is 6.92 Å². The fourth-order valence-corrected chi connectivity index (χ4v) is 1.65. The Morgan fingerprint density at radius 1 is 1.53 bits per heavy atom. The molecule has 0 saturated heterocycles. The SMILES string of the molecule is CCOCc1nc(N)cc(SCCO)n1. The van der Waals surface area contributed by atoms with E-state index in [-0.39, 0.29) is 6.61 Å². The van der Waals surface area contributed by atoms with Crippen LogP contribution in [-0.4, -0.2) is 34.0 Å². The first-order valence-electron chi connectivity index (χ1n) is 4.71. The summed E-state index contributed by atoms with van der Waals surface area (Å²) in [5.41, 5.74) is 5.62. The summed E-state index contributed by atoms with van der Waals surface area (Å²) in [6, 6.07) is 1.69. The zero-order valence-electron chi connectivity index (χ0n) is 8.64. The van der Waals surface area contributed by atoms with Crippen molar-refractivity contribution in [3.05, 3.63) is 11.9 Å². The van der Waals surface area contributed by atoms with Crippen molar-refractivity contribution in [3.63, 3.8) is 0 Å². The molecule has 0 spiro atoms. The largest absolute Gasteiger partial charge is 0.396 e. The van der Waals surface area contributed by atoms with Gasteiger partial charge in [0.15, 0.2) is 5.82 Å². The minimum atomic E-state index is 0.120. The zero-order chi connectivity index (χ0) is 11.1. The molecule has 3 N–H and O–H groups in total. The molecule has 0 radical (unpaired) electrons. The van der Waals surface area contributed by atoms with Gasteiger partial charge in [-0.2, -0.15) is 0 Å². The molecule has 1 aromatic rings. The molecule has 1 rings (SSSR count). The van der Waals surface area contributed by atoms with Gasteiger partial charge >= 0.3 is 0 Å². The summed E-state index contributed by atoms with van der Waals surface area (Å²) in [6.07, 6.45) is 0. The van der Waals surface area contributed by atoms with Crippen LogP contribution in [0.3, 0.4) is 0 Å². The highest BCUT2D eigenvalue weighted by Crippen LogP contribution is 2.16. The molecule has 0 aliphatic carbocycles. The van der Waals surface area contributed by atoms with E-state index in [1.807, 2.05) is 6.92 Å². The average molecular weight is 229 g/mol. The summed E-state index contributed by atoms with van der Waals surface area (Å²) in [6.45, 7) is 3.02. The molecule has 15 heavy (non-hydrogen) atoms. The van der Waals surface area contributed by atoms with Crippen LogP contribution in [0.4, 0.5) is 5.82 Å². The van der Waals surface area contributed by atoms with Gasteiger partial charge in [-0.15, -0.1) is 11.8 Å². The first kappa shape index (κ1) is 12.2. The van der Waals surface area contributed by atoms with Gasteiger partial charge < -0.3 is 15.6 Å². The molecule has 0 fully saturated rings. The predicted molar refractivity (Wildman–Crippen MR) is 59.6 cm³/mol. The number of nitrogens with zero attached hydrogens (tertiary/aromatic N) is 2. The van der Waals surface area contributed by atoms with Crippen molar-refractivity contribution in [2.24, 2.45) is 0 Å². The maximum Gasteiger partial charge on any atom is 0.157 e. The Morgan fingerprint density at radius 3 is 3.00 bits per heavy atom. The first-order chi connectivity index (χ1) is 7.26. The molecule has 0 bridgehead atoms. The van der Waals surface area contributed by atoms with Crippen molar-refractivity contribution >= 4 is 17.6 Å². The van der Waals surface area contributed by atoms with Crippen LogP contribution in [0, 0.1) is 0 Å². The molecule has 0 amide bonds. The van der Waals surface area contributed by atoms with E-state index in [2.05, 4.69) is 9.97 Å². The fourth-order valence-electron chi connectivity index (χ4n) is 0.974. The number of ether oxygens (including phenoxy) is 1. The third-order valence-electron chi connectivity index (χ3n) is 1.55. The van der Waals surface area contributed by atoms with E-state index in [0.717, 1.165) is 5.03 Å². The summed E-state index contributed by atoms with van der Waals surface area (Å²) in [5, 5.41) is 9.46. The smallest absolute Gasteiger partial charge is 0.157 e. The zero-order valence-corrected chi connectivity index (χ0v) is 9.46. The lowest BCUT2D eigenvalue weighted by Crippen LogP contribution is -2.03. The third kappa shape index (κ3) is 4.46. The lowest BCUT2D eigenvalue weighted by atomic mass is 10.5. The average Bonchev–Trinajstić information content (AvgIpc) is 2.23. The molecule has 0 atom stereocenters. The molecule has 5 nitrogen and oxygen atoms in total. The van der Waals surface area contributed by atoms with Gasteiger partial charge in [-0.3, -0.25) is 0 Å². The Morgan fingerprint density at radius 2 is 2.33 bits per heavy atom. The molecule has 1 heterocycles. The second-order valence-corrected chi connectivity index (χ2v) is 3.87. The third-order valence-corrected chi connectivity index (χ3v) is 2.44. The van der Waals surface area contributed by atoms with Crippen molar-refractivity contribution in [2.75, 3.05) is 24.7 Å². The van der Waals surface area contributed by atoms with E-state index < -0.39 is 0 Å². The predicted octanol–water partition coefficient (Wildman–Crippen LogP) is 0.680. The van der Waals surface area contributed by atoms with Crippen molar-refractivity contribution < 1.29 is 9.84 Å². The van der Waals surface area contributed by atoms with E-state index in [0.29, 0.717) is 30.6 Å². The maximum absolute atomic E-state index is 8.69. The van der Waals surface area contributed by atoms with Crippen LogP contribution in [0.15, 0.2) is 11.1 Å². The molecule has 1 aromatic heterocycles. The van der Waals surface area contributed by atoms with E-state index in [1.165, 1.54) is 11.8 Å². The molecule has 0 unspecified atom stereocenters. The van der Waals surface area contributed by atoms with Gasteiger partial charge in [0.05, 0.1) is 6.61 Å². The van der Waals surface area contributed by atoms with Gasteiger partial charge in [0.2, 0.25) is 0 Å². The quantitative estimate of drug-likeness (QED) is 0.551. The van der Waals surface area contributed by atoms with Crippen molar-refractivity contribution in [3.8, 4) is 0 Å². The number of nitrogens with two attached hydrogens (primary N) is 1. The van der Waals surface area contributed by atoms with E-state index >= 15 is 0 Å². The van der Waals surface area contributed by atoms with Crippen LogP contribution in [0.1, 0.15) is 12.7 Å². The van der Waals surface area contributed by atoms with Crippen LogP contribution in [0.25, 0.3) is 0 Å². The van der Waals surface area contributed by atoms with Gasteiger partial charge in [0.1, 0.15) is 17.5 Å². The van der Waals surface area contributed by atoms with E-state index in [9.17, 15) is 0 Å². The summed E-state index contributed by atoms with van der Waals surface area (Å²) in [7, 11) is 0. The second-order valence-electron chi connectivity index (χ2n) is 2.76. The number of aliphatic hydroxyl groups is 1. The molecule has 84 valence electrons. The van der Waals surface area contributed by atoms with E-state index in [1.54, 1.807) is 6.07 Å². The Bertz CT molecular complexity index is 283. The normalized spacial score (nSPS) is 10.5. The minimum Gasteiger partial charge on any atom is -0.396 e. The second kappa shape index (κ2) is 6.60. The van der Waals surface area contributed by atoms with Gasteiger partial charge in [-0.25, -0.2) is 9.97 Å². The minimum absolute atomic E-state index is 0.120. The number of aliphatic hydroxyl groups excluding tert-OH is 1. The van der Waals surface area contributed by atoms with Crippen LogP contribution in [0.2, 0.25) is 0 Å². The molecule has 0 aromatic carbocycles. The van der Waals surface area contributed by atoms with Gasteiger partial charge in [0.25, 0.3) is 0 Å².